The SMILES string of the molecule is Cc1ccc(C(=O)N2C[C@H](C(=O)N3CCOCC3)Oc3ccccc32)cc1NC(=O)c1ccco1. The second-order valence-corrected chi connectivity index (χ2v) is 8.39. The number of para-hydroxylation sites is 2. The summed E-state index contributed by atoms with van der Waals surface area (Å²) in [5.74, 6) is -0.231. The fourth-order valence-corrected chi connectivity index (χ4v) is 4.18. The number of nitrogens with zero attached hydrogens (tertiary/aromatic N) is 2. The predicted molar refractivity (Wildman–Crippen MR) is 128 cm³/mol. The Hall–Kier alpha value is -4.11. The van der Waals surface area contributed by atoms with Gasteiger partial charge in [0.15, 0.2) is 11.9 Å². The lowest BCUT2D eigenvalue weighted by atomic mass is 10.1. The highest BCUT2D eigenvalue weighted by atomic mass is 16.5. The zero-order valence-electron chi connectivity index (χ0n) is 19.2. The third kappa shape index (κ3) is 4.63. The Morgan fingerprint density at radius 2 is 1.80 bits per heavy atom. The van der Waals surface area contributed by atoms with Gasteiger partial charge in [-0.25, -0.2) is 0 Å². The van der Waals surface area contributed by atoms with E-state index in [0.717, 1.165) is 5.56 Å². The third-order valence-corrected chi connectivity index (χ3v) is 6.09. The summed E-state index contributed by atoms with van der Waals surface area (Å²) in [5, 5.41) is 2.80. The molecule has 0 aliphatic carbocycles. The molecule has 2 aliphatic heterocycles. The van der Waals surface area contributed by atoms with Gasteiger partial charge in [0.1, 0.15) is 5.75 Å². The van der Waals surface area contributed by atoms with Crippen molar-refractivity contribution in [2.75, 3.05) is 43.1 Å². The van der Waals surface area contributed by atoms with Crippen LogP contribution in [0.25, 0.3) is 0 Å². The first-order valence-corrected chi connectivity index (χ1v) is 11.4. The standard InChI is InChI=1S/C26H25N3O6/c1-17-8-9-18(15-19(17)27-24(30)22-7-4-12-34-22)25(31)29-16-23(26(32)28-10-13-33-14-11-28)35-21-6-3-2-5-20(21)29/h2-9,12,15,23H,10-11,13-14,16H2,1H3,(H,27,30)/t23-/m1/s1. The maximum atomic E-state index is 13.7. The van der Waals surface area contributed by atoms with Crippen molar-refractivity contribution in [3.63, 3.8) is 0 Å². The first-order valence-electron chi connectivity index (χ1n) is 11.4. The van der Waals surface area contributed by atoms with E-state index in [1.807, 2.05) is 13.0 Å². The van der Waals surface area contributed by atoms with Crippen LogP contribution in [-0.4, -0.2) is 61.6 Å². The molecule has 1 N–H and O–H groups in total. The van der Waals surface area contributed by atoms with Crippen LogP contribution in [0.1, 0.15) is 26.5 Å². The molecule has 0 saturated carbocycles. The zero-order chi connectivity index (χ0) is 24.4. The molecule has 3 amide bonds. The maximum Gasteiger partial charge on any atom is 0.291 e. The Labute approximate surface area is 202 Å². The zero-order valence-corrected chi connectivity index (χ0v) is 19.2. The molecule has 9 nitrogen and oxygen atoms in total. The molecule has 0 spiro atoms. The molecule has 2 aliphatic rings. The minimum Gasteiger partial charge on any atom is -0.476 e. The van der Waals surface area contributed by atoms with E-state index < -0.39 is 12.0 Å². The number of hydrogen-bond acceptors (Lipinski definition) is 6. The number of carbonyl (C=O) groups excluding carboxylic acids is 3. The molecule has 1 aromatic heterocycles. The van der Waals surface area contributed by atoms with E-state index in [1.165, 1.54) is 6.26 Å². The van der Waals surface area contributed by atoms with Crippen molar-refractivity contribution in [2.24, 2.45) is 0 Å². The molecule has 9 heteroatoms. The van der Waals surface area contributed by atoms with Crippen molar-refractivity contribution in [1.29, 1.82) is 0 Å². The normalized spacial score (nSPS) is 17.3. The molecule has 0 unspecified atom stereocenters. The molecule has 180 valence electrons. The number of morpholine rings is 1. The highest BCUT2D eigenvalue weighted by molar-refractivity contribution is 6.09. The fraction of sp³-hybridized carbons (Fsp3) is 0.269. The van der Waals surface area contributed by atoms with E-state index in [0.29, 0.717) is 49.0 Å². The molecule has 5 rings (SSSR count). The van der Waals surface area contributed by atoms with Gasteiger partial charge in [-0.1, -0.05) is 18.2 Å². The summed E-state index contributed by atoms with van der Waals surface area (Å²) < 4.78 is 16.5. The van der Waals surface area contributed by atoms with Crippen LogP contribution in [0.4, 0.5) is 11.4 Å². The van der Waals surface area contributed by atoms with Gasteiger partial charge in [-0.05, 0) is 48.9 Å². The number of nitrogens with one attached hydrogen (secondary N) is 1. The minimum absolute atomic E-state index is 0.0774. The second-order valence-electron chi connectivity index (χ2n) is 8.39. The Kier molecular flexibility index (Phi) is 6.24. The summed E-state index contributed by atoms with van der Waals surface area (Å²) >= 11 is 0. The van der Waals surface area contributed by atoms with E-state index in [2.05, 4.69) is 5.32 Å². The first-order chi connectivity index (χ1) is 17.0. The highest BCUT2D eigenvalue weighted by Crippen LogP contribution is 2.35. The molecule has 0 radical (unpaired) electrons. The van der Waals surface area contributed by atoms with E-state index in [-0.39, 0.29) is 24.1 Å². The van der Waals surface area contributed by atoms with E-state index >= 15 is 0 Å². The number of fused-ring (bicyclic) bond motifs is 1. The summed E-state index contributed by atoms with van der Waals surface area (Å²) in [4.78, 5) is 42.6. The van der Waals surface area contributed by atoms with Gasteiger partial charge in [-0.2, -0.15) is 0 Å². The van der Waals surface area contributed by atoms with Crippen LogP contribution < -0.4 is 15.0 Å². The minimum atomic E-state index is -0.824. The van der Waals surface area contributed by atoms with Gasteiger partial charge in [0.05, 0.1) is 31.7 Å². The maximum absolute atomic E-state index is 13.7. The molecule has 35 heavy (non-hydrogen) atoms. The topological polar surface area (TPSA) is 101 Å². The summed E-state index contributed by atoms with van der Waals surface area (Å²) in [5.41, 5.74) is 2.26. The van der Waals surface area contributed by atoms with Crippen LogP contribution in [-0.2, 0) is 9.53 Å². The van der Waals surface area contributed by atoms with Crippen LogP contribution in [0.2, 0.25) is 0 Å². The van der Waals surface area contributed by atoms with Crippen molar-refractivity contribution in [3.05, 3.63) is 77.7 Å². The predicted octanol–water partition coefficient (Wildman–Crippen LogP) is 3.11. The van der Waals surface area contributed by atoms with Crippen molar-refractivity contribution in [3.8, 4) is 5.75 Å². The van der Waals surface area contributed by atoms with Crippen LogP contribution in [0.5, 0.6) is 5.75 Å². The molecule has 1 saturated heterocycles. The van der Waals surface area contributed by atoms with Crippen molar-refractivity contribution in [2.45, 2.75) is 13.0 Å². The molecule has 0 bridgehead atoms. The van der Waals surface area contributed by atoms with Crippen molar-refractivity contribution < 1.29 is 28.3 Å². The van der Waals surface area contributed by atoms with Crippen LogP contribution in [0, 0.1) is 6.92 Å². The second kappa shape index (κ2) is 9.63. The van der Waals surface area contributed by atoms with Gasteiger partial charge in [-0.15, -0.1) is 0 Å². The number of aryl methyl sites for hydroxylation is 1. The van der Waals surface area contributed by atoms with Crippen LogP contribution in [0.15, 0.2) is 65.3 Å². The number of amides is 3. The van der Waals surface area contributed by atoms with E-state index in [4.69, 9.17) is 13.9 Å². The summed E-state index contributed by atoms with van der Waals surface area (Å²) in [6, 6.07) is 15.5. The van der Waals surface area contributed by atoms with Gasteiger partial charge in [0.25, 0.3) is 17.7 Å². The van der Waals surface area contributed by atoms with Gasteiger partial charge >= 0.3 is 0 Å². The summed E-state index contributed by atoms with van der Waals surface area (Å²) in [6.07, 6.45) is 0.599. The van der Waals surface area contributed by atoms with Crippen molar-refractivity contribution >= 4 is 29.1 Å². The molecule has 3 aromatic rings. The molecular formula is C26H25N3O6. The molecule has 1 fully saturated rings. The highest BCUT2D eigenvalue weighted by Gasteiger charge is 2.36. The monoisotopic (exact) mass is 475 g/mol. The average Bonchev–Trinajstić information content (AvgIpc) is 3.44. The molecule has 3 heterocycles. The number of ether oxygens (including phenoxy) is 2. The average molecular weight is 476 g/mol. The van der Waals surface area contributed by atoms with E-state index in [1.54, 1.807) is 58.3 Å². The number of hydrogen-bond donors (Lipinski definition) is 1. The number of carbonyl (C=O) groups is 3. The Bertz CT molecular complexity index is 1250. The lowest BCUT2D eigenvalue weighted by Gasteiger charge is -2.37. The van der Waals surface area contributed by atoms with Crippen LogP contribution in [0.3, 0.4) is 0 Å². The number of furan rings is 1. The number of benzene rings is 2. The first kappa shape index (κ1) is 22.7. The van der Waals surface area contributed by atoms with E-state index in [9.17, 15) is 14.4 Å². The largest absolute Gasteiger partial charge is 0.476 e. The van der Waals surface area contributed by atoms with Crippen molar-refractivity contribution in [1.82, 2.24) is 4.90 Å². The summed E-state index contributed by atoms with van der Waals surface area (Å²) in [6.45, 7) is 3.86. The fourth-order valence-electron chi connectivity index (χ4n) is 4.18. The number of anilines is 2. The van der Waals surface area contributed by atoms with Gasteiger partial charge in [-0.3, -0.25) is 14.4 Å². The van der Waals surface area contributed by atoms with Gasteiger partial charge < -0.3 is 29.0 Å². The third-order valence-electron chi connectivity index (χ3n) is 6.09. The van der Waals surface area contributed by atoms with Crippen LogP contribution >= 0.6 is 0 Å². The quantitative estimate of drug-likeness (QED) is 0.622. The molecule has 2 aromatic carbocycles. The Balaban J connectivity index is 1.41. The lowest BCUT2D eigenvalue weighted by molar-refractivity contribution is -0.142. The van der Waals surface area contributed by atoms with Gasteiger partial charge in [0, 0.05) is 24.3 Å². The summed E-state index contributed by atoms with van der Waals surface area (Å²) in [7, 11) is 0. The Morgan fingerprint density at radius 3 is 2.57 bits per heavy atom. The smallest absolute Gasteiger partial charge is 0.291 e. The Morgan fingerprint density at radius 1 is 1.00 bits per heavy atom. The molecule has 1 atom stereocenters. The number of rotatable bonds is 4. The van der Waals surface area contributed by atoms with Gasteiger partial charge in [0.2, 0.25) is 0 Å². The molecular weight excluding hydrogens is 450 g/mol. The lowest BCUT2D eigenvalue weighted by Crippen LogP contribution is -2.54.